The lowest BCUT2D eigenvalue weighted by Crippen LogP contribution is -1.75. The van der Waals surface area contributed by atoms with E-state index in [0.717, 1.165) is 6.26 Å². The molecule has 0 radical (unpaired) electrons. The van der Waals surface area contributed by atoms with Crippen molar-refractivity contribution in [2.75, 3.05) is 7.11 Å². The van der Waals surface area contributed by atoms with Crippen molar-refractivity contribution >= 4 is 18.2 Å². The van der Waals surface area contributed by atoms with Crippen LogP contribution in [-0.4, -0.2) is 7.11 Å². The zero-order valence-corrected chi connectivity index (χ0v) is 6.48. The van der Waals surface area contributed by atoms with E-state index in [0.29, 0.717) is 0 Å². The Bertz CT molecular complexity index is 173. The van der Waals surface area contributed by atoms with Gasteiger partial charge in [-0.15, -0.1) is 0 Å². The van der Waals surface area contributed by atoms with Crippen LogP contribution in [0.4, 0.5) is 0 Å². The predicted octanol–water partition coefficient (Wildman–Crippen LogP) is 2.29. The molecule has 0 amide bonds. The molecule has 0 saturated carbocycles. The molecule has 0 aromatic rings. The molecule has 1 atom stereocenters. The van der Waals surface area contributed by atoms with Crippen LogP contribution < -0.4 is 0 Å². The summed E-state index contributed by atoms with van der Waals surface area (Å²) in [5.74, 6) is 0. The first-order valence-electron chi connectivity index (χ1n) is 2.00. The van der Waals surface area contributed by atoms with Gasteiger partial charge in [0.15, 0.2) is 0 Å². The Balaban J connectivity index is 3.87. The van der Waals surface area contributed by atoms with E-state index in [-0.39, 0.29) is 0 Å². The standard InChI is InChI=1S/C4H6ClO3P/c1-3-4-8-9(5,6)7-2/h4H,1H2,2H3. The van der Waals surface area contributed by atoms with Gasteiger partial charge in [0.05, 0.1) is 0 Å². The van der Waals surface area contributed by atoms with Crippen LogP contribution in [0.3, 0.4) is 0 Å². The van der Waals surface area contributed by atoms with Gasteiger partial charge in [-0.3, -0.25) is 4.52 Å². The summed E-state index contributed by atoms with van der Waals surface area (Å²) in [6.45, 7) is -0.219. The lowest BCUT2D eigenvalue weighted by molar-refractivity contribution is 0.318. The summed E-state index contributed by atoms with van der Waals surface area (Å²) in [6.07, 6.45) is 0.983. The molecule has 0 spiro atoms. The molecule has 0 aliphatic heterocycles. The molecule has 0 aromatic heterocycles. The van der Waals surface area contributed by atoms with E-state index in [9.17, 15) is 4.57 Å². The molecule has 0 aliphatic rings. The van der Waals surface area contributed by atoms with Crippen LogP contribution in [0.15, 0.2) is 18.6 Å². The molecule has 3 nitrogen and oxygen atoms in total. The first-order chi connectivity index (χ1) is 4.12. The van der Waals surface area contributed by atoms with Gasteiger partial charge in [0, 0.05) is 18.4 Å². The van der Waals surface area contributed by atoms with Gasteiger partial charge in [-0.2, -0.15) is 0 Å². The predicted molar refractivity (Wildman–Crippen MR) is 35.3 cm³/mol. The quantitative estimate of drug-likeness (QED) is 0.369. The number of hydrogen-bond donors (Lipinski definition) is 0. The van der Waals surface area contributed by atoms with E-state index in [1.807, 2.05) is 0 Å². The molecule has 0 bridgehead atoms. The third kappa shape index (κ3) is 4.31. The molecular formula is C4H6ClO3P. The Kier molecular flexibility index (Phi) is 3.67. The zero-order chi connectivity index (χ0) is 7.33. The van der Waals surface area contributed by atoms with Gasteiger partial charge >= 0.3 is 6.95 Å². The molecule has 5 heteroatoms. The highest BCUT2D eigenvalue weighted by atomic mass is 35.7. The van der Waals surface area contributed by atoms with Crippen LogP contribution in [0.2, 0.25) is 0 Å². The minimum Gasteiger partial charge on any atom is -0.413 e. The maximum Gasteiger partial charge on any atom is 0.476 e. The van der Waals surface area contributed by atoms with Crippen molar-refractivity contribution in [2.45, 2.75) is 0 Å². The molecule has 0 fully saturated rings. The molecule has 9 heavy (non-hydrogen) atoms. The molecular weight excluding hydrogens is 162 g/mol. The van der Waals surface area contributed by atoms with Crippen LogP contribution >= 0.6 is 18.2 Å². The second kappa shape index (κ2) is 3.76. The van der Waals surface area contributed by atoms with Crippen LogP contribution in [0.1, 0.15) is 0 Å². The van der Waals surface area contributed by atoms with Gasteiger partial charge in [0.2, 0.25) is 0 Å². The first kappa shape index (κ1) is 8.80. The highest BCUT2D eigenvalue weighted by molar-refractivity contribution is 7.81. The maximum absolute atomic E-state index is 10.6. The SMILES string of the molecule is C=C=COP(=O)(Cl)OC. The summed E-state index contributed by atoms with van der Waals surface area (Å²) in [5.41, 5.74) is 2.22. The first-order valence-corrected chi connectivity index (χ1v) is 4.45. The molecule has 0 aromatic carbocycles. The number of hydrogen-bond acceptors (Lipinski definition) is 3. The summed E-state index contributed by atoms with van der Waals surface area (Å²) < 4.78 is 19.1. The van der Waals surface area contributed by atoms with Crippen molar-refractivity contribution in [2.24, 2.45) is 0 Å². The van der Waals surface area contributed by atoms with E-state index >= 15 is 0 Å². The van der Waals surface area contributed by atoms with Crippen molar-refractivity contribution in [3.63, 3.8) is 0 Å². The smallest absolute Gasteiger partial charge is 0.413 e. The summed E-state index contributed by atoms with van der Waals surface area (Å²) in [5, 5.41) is 0. The van der Waals surface area contributed by atoms with Gasteiger partial charge in [-0.05, 0) is 0 Å². The Morgan fingerprint density at radius 3 is 2.78 bits per heavy atom. The molecule has 0 aliphatic carbocycles. The fourth-order valence-corrected chi connectivity index (χ4v) is 0.549. The Morgan fingerprint density at radius 2 is 2.44 bits per heavy atom. The maximum atomic E-state index is 10.6. The van der Waals surface area contributed by atoms with Crippen molar-refractivity contribution in [3.05, 3.63) is 18.6 Å². The van der Waals surface area contributed by atoms with E-state index in [1.165, 1.54) is 7.11 Å². The summed E-state index contributed by atoms with van der Waals surface area (Å²) in [7, 11) is 1.19. The van der Waals surface area contributed by atoms with Crippen LogP contribution in [-0.2, 0) is 13.6 Å². The van der Waals surface area contributed by atoms with E-state index in [2.05, 4.69) is 21.4 Å². The number of rotatable bonds is 3. The van der Waals surface area contributed by atoms with Gasteiger partial charge in [0.1, 0.15) is 6.26 Å². The topological polar surface area (TPSA) is 35.5 Å². The average Bonchev–Trinajstić information content (AvgIpc) is 1.84. The second-order valence-electron chi connectivity index (χ2n) is 1.04. The Labute approximate surface area is 58.2 Å². The summed E-state index contributed by atoms with van der Waals surface area (Å²) in [4.78, 5) is 0. The van der Waals surface area contributed by atoms with Crippen molar-refractivity contribution in [1.82, 2.24) is 0 Å². The largest absolute Gasteiger partial charge is 0.476 e. The fraction of sp³-hybridized carbons (Fsp3) is 0.250. The van der Waals surface area contributed by atoms with Gasteiger partial charge in [-0.1, -0.05) is 12.3 Å². The Morgan fingerprint density at radius 1 is 1.89 bits per heavy atom. The van der Waals surface area contributed by atoms with Crippen molar-refractivity contribution in [1.29, 1.82) is 0 Å². The van der Waals surface area contributed by atoms with E-state index < -0.39 is 6.95 Å². The molecule has 0 saturated heterocycles. The van der Waals surface area contributed by atoms with Crippen LogP contribution in [0.5, 0.6) is 0 Å². The van der Waals surface area contributed by atoms with Crippen molar-refractivity contribution < 1.29 is 13.6 Å². The summed E-state index contributed by atoms with van der Waals surface area (Å²) in [6, 6.07) is 0. The fourth-order valence-electron chi connectivity index (χ4n) is 0.143. The monoisotopic (exact) mass is 168 g/mol. The molecule has 52 valence electrons. The highest BCUT2D eigenvalue weighted by Crippen LogP contribution is 2.52. The molecule has 0 N–H and O–H groups in total. The lowest BCUT2D eigenvalue weighted by Gasteiger charge is -2.02. The van der Waals surface area contributed by atoms with Gasteiger partial charge in [0.25, 0.3) is 0 Å². The summed E-state index contributed by atoms with van der Waals surface area (Å²) >= 11 is 5.11. The molecule has 0 heterocycles. The van der Waals surface area contributed by atoms with E-state index in [4.69, 9.17) is 11.2 Å². The average molecular weight is 169 g/mol. The molecule has 0 rings (SSSR count). The molecule has 1 unspecified atom stereocenters. The van der Waals surface area contributed by atoms with Crippen LogP contribution in [0.25, 0.3) is 0 Å². The Hall–Kier alpha value is -0.200. The highest BCUT2D eigenvalue weighted by Gasteiger charge is 2.16. The van der Waals surface area contributed by atoms with Gasteiger partial charge in [-0.25, -0.2) is 4.57 Å². The second-order valence-corrected chi connectivity index (χ2v) is 3.72. The third-order valence-corrected chi connectivity index (χ3v) is 1.93. The lowest BCUT2D eigenvalue weighted by atomic mass is 11.0. The zero-order valence-electron chi connectivity index (χ0n) is 4.83. The third-order valence-electron chi connectivity index (χ3n) is 0.480. The van der Waals surface area contributed by atoms with Crippen LogP contribution in [0, 0.1) is 0 Å². The van der Waals surface area contributed by atoms with Crippen molar-refractivity contribution in [3.8, 4) is 0 Å². The minimum atomic E-state index is -3.38. The normalized spacial score (nSPS) is 15.3. The minimum absolute atomic E-state index is 0.983. The number of halogens is 1. The van der Waals surface area contributed by atoms with E-state index in [1.54, 1.807) is 0 Å². The van der Waals surface area contributed by atoms with Gasteiger partial charge < -0.3 is 4.52 Å².